The summed E-state index contributed by atoms with van der Waals surface area (Å²) in [5, 5.41) is 0. The van der Waals surface area contributed by atoms with E-state index in [4.69, 9.17) is 8.85 Å². The van der Waals surface area contributed by atoms with E-state index >= 15 is 0 Å². The first-order valence-electron chi connectivity index (χ1n) is 5.97. The van der Waals surface area contributed by atoms with E-state index in [9.17, 15) is 0 Å². The molecule has 0 fully saturated rings. The van der Waals surface area contributed by atoms with Gasteiger partial charge in [0.2, 0.25) is 0 Å². The Hall–Kier alpha value is -0.123. The van der Waals surface area contributed by atoms with Crippen LogP contribution in [0.25, 0.3) is 0 Å². The third-order valence-electron chi connectivity index (χ3n) is 2.52. The van der Waals surface area contributed by atoms with Crippen LogP contribution in [-0.2, 0) is 8.85 Å². The van der Waals surface area contributed by atoms with E-state index in [1.807, 2.05) is 6.92 Å². The van der Waals surface area contributed by atoms with Crippen molar-refractivity contribution in [1.29, 1.82) is 0 Å². The summed E-state index contributed by atoms with van der Waals surface area (Å²) in [4.78, 5) is 0. The molecule has 0 bridgehead atoms. The van der Waals surface area contributed by atoms with E-state index in [1.165, 1.54) is 0 Å². The number of hydrogen-bond acceptors (Lipinski definition) is 2. The number of rotatable bonds is 8. The molecule has 3 heteroatoms. The van der Waals surface area contributed by atoms with Crippen molar-refractivity contribution in [2.24, 2.45) is 0 Å². The summed E-state index contributed by atoms with van der Waals surface area (Å²) in [5.41, 5.74) is 0. The molecule has 0 saturated heterocycles. The highest BCUT2D eigenvalue weighted by Crippen LogP contribution is 2.19. The normalized spacial score (nSPS) is 17.9. The molecule has 0 aliphatic carbocycles. The summed E-state index contributed by atoms with van der Waals surface area (Å²) in [7, 11) is -0.134. The molecule has 0 N–H and O–H groups in total. The van der Waals surface area contributed by atoms with Crippen LogP contribution in [-0.4, -0.2) is 21.8 Å². The van der Waals surface area contributed by atoms with E-state index in [2.05, 4.69) is 32.5 Å². The van der Waals surface area contributed by atoms with Crippen molar-refractivity contribution in [3.05, 3.63) is 12.2 Å². The standard InChI is InChI=1S/C12H26O2Si/c1-6-9-12(10-7-2)14-15(5,13-4)11-8-3/h6,9,12H,7-8,10-11H2,1-5H3. The molecular formula is C12H26O2Si. The maximum absolute atomic E-state index is 6.14. The fraction of sp³-hybridized carbons (Fsp3) is 0.833. The van der Waals surface area contributed by atoms with Gasteiger partial charge in [0.25, 0.3) is 0 Å². The van der Waals surface area contributed by atoms with Gasteiger partial charge in [-0.1, -0.05) is 38.8 Å². The minimum absolute atomic E-state index is 0.239. The lowest BCUT2D eigenvalue weighted by atomic mass is 10.2. The molecular weight excluding hydrogens is 204 g/mol. The van der Waals surface area contributed by atoms with Crippen LogP contribution in [0, 0.1) is 0 Å². The molecule has 0 aromatic rings. The van der Waals surface area contributed by atoms with E-state index in [0.29, 0.717) is 0 Å². The molecule has 0 aliphatic rings. The minimum Gasteiger partial charge on any atom is -0.398 e. The second-order valence-electron chi connectivity index (χ2n) is 4.06. The third-order valence-corrected chi connectivity index (χ3v) is 5.59. The van der Waals surface area contributed by atoms with Gasteiger partial charge in [-0.15, -0.1) is 0 Å². The molecule has 90 valence electrons. The van der Waals surface area contributed by atoms with Crippen molar-refractivity contribution in [3.63, 3.8) is 0 Å². The molecule has 2 atom stereocenters. The molecule has 2 unspecified atom stereocenters. The average Bonchev–Trinajstić information content (AvgIpc) is 2.19. The lowest BCUT2D eigenvalue weighted by molar-refractivity contribution is 0.156. The summed E-state index contributed by atoms with van der Waals surface area (Å²) in [6.45, 7) is 8.56. The van der Waals surface area contributed by atoms with Crippen LogP contribution in [0.1, 0.15) is 40.0 Å². The highest BCUT2D eigenvalue weighted by Gasteiger charge is 2.31. The highest BCUT2D eigenvalue weighted by atomic mass is 28.4. The SMILES string of the molecule is CC=CC(CCC)O[Si](C)(CCC)OC. The maximum Gasteiger partial charge on any atom is 0.335 e. The molecule has 0 spiro atoms. The zero-order valence-electron chi connectivity index (χ0n) is 10.9. The second kappa shape index (κ2) is 8.08. The van der Waals surface area contributed by atoms with E-state index in [-0.39, 0.29) is 6.10 Å². The van der Waals surface area contributed by atoms with Crippen molar-refractivity contribution in [1.82, 2.24) is 0 Å². The van der Waals surface area contributed by atoms with Gasteiger partial charge in [-0.3, -0.25) is 0 Å². The van der Waals surface area contributed by atoms with Gasteiger partial charge in [-0.05, 0) is 25.9 Å². The largest absolute Gasteiger partial charge is 0.398 e. The Morgan fingerprint density at radius 1 is 1.27 bits per heavy atom. The van der Waals surface area contributed by atoms with Crippen LogP contribution in [0.4, 0.5) is 0 Å². The first-order chi connectivity index (χ1) is 7.11. The maximum atomic E-state index is 6.14. The predicted octanol–water partition coefficient (Wildman–Crippen LogP) is 3.88. The Labute approximate surface area is 95.9 Å². The van der Waals surface area contributed by atoms with Crippen LogP contribution in [0.15, 0.2) is 12.2 Å². The van der Waals surface area contributed by atoms with E-state index < -0.39 is 8.56 Å². The van der Waals surface area contributed by atoms with Crippen molar-refractivity contribution < 1.29 is 8.85 Å². The van der Waals surface area contributed by atoms with Crippen molar-refractivity contribution in [2.75, 3.05) is 7.11 Å². The predicted molar refractivity (Wildman–Crippen MR) is 68.3 cm³/mol. The third kappa shape index (κ3) is 6.13. The Morgan fingerprint density at radius 3 is 2.33 bits per heavy atom. The number of allylic oxidation sites excluding steroid dienone is 1. The highest BCUT2D eigenvalue weighted by molar-refractivity contribution is 6.66. The molecule has 0 saturated carbocycles. The van der Waals surface area contributed by atoms with Gasteiger partial charge in [0.1, 0.15) is 0 Å². The molecule has 0 aromatic carbocycles. The fourth-order valence-electron chi connectivity index (χ4n) is 1.68. The smallest absolute Gasteiger partial charge is 0.335 e. The summed E-state index contributed by atoms with van der Waals surface area (Å²) >= 11 is 0. The van der Waals surface area contributed by atoms with Crippen molar-refractivity contribution in [3.8, 4) is 0 Å². The zero-order valence-corrected chi connectivity index (χ0v) is 11.9. The molecule has 0 heterocycles. The topological polar surface area (TPSA) is 18.5 Å². The van der Waals surface area contributed by atoms with Gasteiger partial charge < -0.3 is 8.85 Å². The first kappa shape index (κ1) is 14.9. The summed E-state index contributed by atoms with van der Waals surface area (Å²) in [5.74, 6) is 0. The average molecular weight is 230 g/mol. The van der Waals surface area contributed by atoms with Crippen molar-refractivity contribution in [2.45, 2.75) is 58.7 Å². The fourth-order valence-corrected chi connectivity index (χ4v) is 3.84. The number of hydrogen-bond donors (Lipinski definition) is 0. The minimum atomic E-state index is -1.91. The van der Waals surface area contributed by atoms with Gasteiger partial charge in [0, 0.05) is 7.11 Å². The second-order valence-corrected chi connectivity index (χ2v) is 7.47. The summed E-state index contributed by atoms with van der Waals surface area (Å²) in [6.07, 6.45) is 7.81. The molecule has 0 aromatic heterocycles. The van der Waals surface area contributed by atoms with Gasteiger partial charge in [0.15, 0.2) is 0 Å². The Morgan fingerprint density at radius 2 is 1.93 bits per heavy atom. The molecule has 0 amide bonds. The Kier molecular flexibility index (Phi) is 8.01. The van der Waals surface area contributed by atoms with Crippen LogP contribution in [0.5, 0.6) is 0 Å². The van der Waals surface area contributed by atoms with Gasteiger partial charge in [-0.2, -0.15) is 0 Å². The first-order valence-corrected chi connectivity index (χ1v) is 8.50. The molecule has 2 nitrogen and oxygen atoms in total. The van der Waals surface area contributed by atoms with Gasteiger partial charge >= 0.3 is 8.56 Å². The van der Waals surface area contributed by atoms with Gasteiger partial charge in [0.05, 0.1) is 6.10 Å². The summed E-state index contributed by atoms with van der Waals surface area (Å²) in [6, 6.07) is 1.07. The zero-order chi connectivity index (χ0) is 11.7. The molecule has 0 rings (SSSR count). The lowest BCUT2D eigenvalue weighted by Crippen LogP contribution is -2.40. The molecule has 15 heavy (non-hydrogen) atoms. The van der Waals surface area contributed by atoms with Gasteiger partial charge in [-0.25, -0.2) is 0 Å². The van der Waals surface area contributed by atoms with Crippen LogP contribution >= 0.6 is 0 Å². The quantitative estimate of drug-likeness (QED) is 0.465. The Balaban J connectivity index is 4.32. The van der Waals surface area contributed by atoms with Crippen LogP contribution in [0.3, 0.4) is 0 Å². The molecule has 0 radical (unpaired) electrons. The monoisotopic (exact) mass is 230 g/mol. The van der Waals surface area contributed by atoms with Crippen molar-refractivity contribution >= 4 is 8.56 Å². The van der Waals surface area contributed by atoms with E-state index in [1.54, 1.807) is 7.11 Å². The van der Waals surface area contributed by atoms with Crippen LogP contribution in [0.2, 0.25) is 12.6 Å². The van der Waals surface area contributed by atoms with Crippen LogP contribution < -0.4 is 0 Å². The van der Waals surface area contributed by atoms with E-state index in [0.717, 1.165) is 25.3 Å². The lowest BCUT2D eigenvalue weighted by Gasteiger charge is -2.29. The summed E-state index contributed by atoms with van der Waals surface area (Å²) < 4.78 is 11.7. The molecule has 0 aliphatic heterocycles. The Bertz CT molecular complexity index is 182.